The van der Waals surface area contributed by atoms with Crippen molar-refractivity contribution in [3.63, 3.8) is 0 Å². The SMILES string of the molecule is CCn1cnnc1[C@H](C)Nc1nccc(N2C(=O)OC[C@@H]2C(C)C)n1. The van der Waals surface area contributed by atoms with Crippen LogP contribution in [-0.4, -0.2) is 43.5 Å². The number of hydrogen-bond donors (Lipinski definition) is 1. The maximum absolute atomic E-state index is 12.1. The van der Waals surface area contributed by atoms with Gasteiger partial charge in [-0.2, -0.15) is 4.98 Å². The van der Waals surface area contributed by atoms with E-state index >= 15 is 0 Å². The van der Waals surface area contributed by atoms with E-state index in [1.54, 1.807) is 23.5 Å². The molecule has 0 unspecified atom stereocenters. The van der Waals surface area contributed by atoms with Crippen molar-refractivity contribution in [3.05, 3.63) is 24.4 Å². The van der Waals surface area contributed by atoms with Crippen molar-refractivity contribution >= 4 is 17.9 Å². The van der Waals surface area contributed by atoms with Gasteiger partial charge in [0.2, 0.25) is 5.95 Å². The van der Waals surface area contributed by atoms with E-state index in [1.165, 1.54) is 0 Å². The molecule has 2 atom stereocenters. The van der Waals surface area contributed by atoms with Gasteiger partial charge in [0.25, 0.3) is 0 Å². The lowest BCUT2D eigenvalue weighted by Crippen LogP contribution is -2.37. The van der Waals surface area contributed by atoms with Gasteiger partial charge in [-0.05, 0) is 25.8 Å². The van der Waals surface area contributed by atoms with Crippen molar-refractivity contribution in [2.45, 2.75) is 46.3 Å². The molecule has 1 aliphatic heterocycles. The Morgan fingerprint density at radius 1 is 1.40 bits per heavy atom. The average Bonchev–Trinajstić information content (AvgIpc) is 3.21. The van der Waals surface area contributed by atoms with E-state index in [9.17, 15) is 4.79 Å². The molecule has 25 heavy (non-hydrogen) atoms. The molecule has 9 heteroatoms. The summed E-state index contributed by atoms with van der Waals surface area (Å²) in [7, 11) is 0. The molecule has 9 nitrogen and oxygen atoms in total. The van der Waals surface area contributed by atoms with Crippen LogP contribution < -0.4 is 10.2 Å². The van der Waals surface area contributed by atoms with Crippen LogP contribution in [0.25, 0.3) is 0 Å². The van der Waals surface area contributed by atoms with Crippen LogP contribution in [0.4, 0.5) is 16.6 Å². The lowest BCUT2D eigenvalue weighted by Gasteiger charge is -2.23. The Hall–Kier alpha value is -2.71. The minimum Gasteiger partial charge on any atom is -0.447 e. The second kappa shape index (κ2) is 7.04. The van der Waals surface area contributed by atoms with Gasteiger partial charge in [0, 0.05) is 12.7 Å². The van der Waals surface area contributed by atoms with Crippen LogP contribution in [-0.2, 0) is 11.3 Å². The molecule has 2 aromatic heterocycles. The second-order valence-electron chi connectivity index (χ2n) is 6.34. The molecule has 2 aromatic rings. The highest BCUT2D eigenvalue weighted by molar-refractivity contribution is 5.89. The molecule has 0 radical (unpaired) electrons. The van der Waals surface area contributed by atoms with Crippen molar-refractivity contribution in [2.24, 2.45) is 5.92 Å². The molecule has 0 aromatic carbocycles. The number of nitrogens with zero attached hydrogens (tertiary/aromatic N) is 6. The molecular formula is C16H23N7O2. The maximum atomic E-state index is 12.1. The van der Waals surface area contributed by atoms with E-state index in [0.29, 0.717) is 18.4 Å². The Morgan fingerprint density at radius 3 is 2.92 bits per heavy atom. The first kappa shape index (κ1) is 17.1. The number of amides is 1. The summed E-state index contributed by atoms with van der Waals surface area (Å²) in [6.45, 7) is 9.26. The van der Waals surface area contributed by atoms with Gasteiger partial charge < -0.3 is 14.6 Å². The number of nitrogens with one attached hydrogen (secondary N) is 1. The molecule has 0 spiro atoms. The number of anilines is 2. The van der Waals surface area contributed by atoms with Crippen LogP contribution in [0, 0.1) is 5.92 Å². The predicted octanol–water partition coefficient (Wildman–Crippen LogP) is 2.24. The van der Waals surface area contributed by atoms with Crippen molar-refractivity contribution in [1.29, 1.82) is 0 Å². The first-order chi connectivity index (χ1) is 12.0. The van der Waals surface area contributed by atoms with E-state index in [-0.39, 0.29) is 24.1 Å². The first-order valence-electron chi connectivity index (χ1n) is 8.44. The Balaban J connectivity index is 1.81. The lowest BCUT2D eigenvalue weighted by molar-refractivity contribution is 0.177. The number of carbonyl (C=O) groups excluding carboxylic acids is 1. The molecule has 1 amide bonds. The van der Waals surface area contributed by atoms with Crippen LogP contribution in [0.5, 0.6) is 0 Å². The van der Waals surface area contributed by atoms with Crippen LogP contribution in [0.15, 0.2) is 18.6 Å². The van der Waals surface area contributed by atoms with Crippen molar-refractivity contribution in [2.75, 3.05) is 16.8 Å². The summed E-state index contributed by atoms with van der Waals surface area (Å²) in [4.78, 5) is 22.4. The molecule has 134 valence electrons. The molecular weight excluding hydrogens is 322 g/mol. The van der Waals surface area contributed by atoms with E-state index < -0.39 is 0 Å². The van der Waals surface area contributed by atoms with E-state index in [4.69, 9.17) is 4.74 Å². The third kappa shape index (κ3) is 3.40. The number of rotatable bonds is 6. The predicted molar refractivity (Wildman–Crippen MR) is 92.2 cm³/mol. The van der Waals surface area contributed by atoms with Gasteiger partial charge >= 0.3 is 6.09 Å². The smallest absolute Gasteiger partial charge is 0.415 e. The minimum atomic E-state index is -0.373. The summed E-state index contributed by atoms with van der Waals surface area (Å²) in [5.41, 5.74) is 0. The third-order valence-corrected chi connectivity index (χ3v) is 4.28. The summed E-state index contributed by atoms with van der Waals surface area (Å²) in [5, 5.41) is 11.3. The molecule has 1 aliphatic rings. The van der Waals surface area contributed by atoms with Gasteiger partial charge in [-0.3, -0.25) is 4.90 Å². The number of carbonyl (C=O) groups is 1. The summed E-state index contributed by atoms with van der Waals surface area (Å²) in [5.74, 6) is 2.03. The van der Waals surface area contributed by atoms with Gasteiger partial charge in [0.1, 0.15) is 18.8 Å². The molecule has 0 saturated carbocycles. The van der Waals surface area contributed by atoms with Gasteiger partial charge in [0.05, 0.1) is 12.1 Å². The van der Waals surface area contributed by atoms with Crippen LogP contribution in [0.1, 0.15) is 39.6 Å². The zero-order valence-corrected chi connectivity index (χ0v) is 14.9. The fourth-order valence-corrected chi connectivity index (χ4v) is 2.84. The largest absolute Gasteiger partial charge is 0.447 e. The second-order valence-corrected chi connectivity index (χ2v) is 6.34. The van der Waals surface area contributed by atoms with Crippen LogP contribution in [0.2, 0.25) is 0 Å². The number of aryl methyl sites for hydroxylation is 1. The molecule has 0 aliphatic carbocycles. The Bertz CT molecular complexity index is 746. The Kier molecular flexibility index (Phi) is 4.82. The van der Waals surface area contributed by atoms with E-state index in [2.05, 4.69) is 39.3 Å². The topological polar surface area (TPSA) is 98.1 Å². The van der Waals surface area contributed by atoms with Gasteiger partial charge in [-0.25, -0.2) is 9.78 Å². The standard InChI is InChI=1S/C16H23N7O2/c1-5-22-9-18-21-14(22)11(4)19-15-17-7-6-13(20-15)23-12(10(2)3)8-25-16(23)24/h6-7,9-12H,5,8H2,1-4H3,(H,17,19,20)/t11-,12+/m0/s1. The van der Waals surface area contributed by atoms with Crippen LogP contribution >= 0.6 is 0 Å². The quantitative estimate of drug-likeness (QED) is 0.857. The fourth-order valence-electron chi connectivity index (χ4n) is 2.84. The fraction of sp³-hybridized carbons (Fsp3) is 0.562. The molecule has 0 bridgehead atoms. The highest BCUT2D eigenvalue weighted by Gasteiger charge is 2.37. The summed E-state index contributed by atoms with van der Waals surface area (Å²) in [6.07, 6.45) is 2.95. The molecule has 3 heterocycles. The number of ether oxygens (including phenoxy) is 1. The number of cyclic esters (lactones) is 1. The molecule has 1 N–H and O–H groups in total. The lowest BCUT2D eigenvalue weighted by atomic mass is 10.0. The first-order valence-corrected chi connectivity index (χ1v) is 8.44. The minimum absolute atomic E-state index is 0.0316. The molecule has 1 fully saturated rings. The molecule has 3 rings (SSSR count). The highest BCUT2D eigenvalue weighted by atomic mass is 16.6. The summed E-state index contributed by atoms with van der Waals surface area (Å²) >= 11 is 0. The molecule has 1 saturated heterocycles. The highest BCUT2D eigenvalue weighted by Crippen LogP contribution is 2.26. The Labute approximate surface area is 146 Å². The monoisotopic (exact) mass is 345 g/mol. The number of hydrogen-bond acceptors (Lipinski definition) is 7. The summed E-state index contributed by atoms with van der Waals surface area (Å²) < 4.78 is 7.14. The third-order valence-electron chi connectivity index (χ3n) is 4.28. The van der Waals surface area contributed by atoms with Gasteiger partial charge in [-0.15, -0.1) is 10.2 Å². The Morgan fingerprint density at radius 2 is 2.20 bits per heavy atom. The zero-order valence-electron chi connectivity index (χ0n) is 14.9. The van der Waals surface area contributed by atoms with E-state index in [1.807, 2.05) is 18.4 Å². The van der Waals surface area contributed by atoms with Crippen molar-refractivity contribution < 1.29 is 9.53 Å². The van der Waals surface area contributed by atoms with Crippen LogP contribution in [0.3, 0.4) is 0 Å². The normalized spacial score (nSPS) is 18.5. The van der Waals surface area contributed by atoms with Crippen molar-refractivity contribution in [1.82, 2.24) is 24.7 Å². The van der Waals surface area contributed by atoms with Gasteiger partial charge in [-0.1, -0.05) is 13.8 Å². The van der Waals surface area contributed by atoms with Gasteiger partial charge in [0.15, 0.2) is 5.82 Å². The van der Waals surface area contributed by atoms with Crippen molar-refractivity contribution in [3.8, 4) is 0 Å². The van der Waals surface area contributed by atoms with E-state index in [0.717, 1.165) is 12.4 Å². The maximum Gasteiger partial charge on any atom is 0.415 e. The summed E-state index contributed by atoms with van der Waals surface area (Å²) in [6, 6.07) is 1.56. The zero-order chi connectivity index (χ0) is 18.0. The number of aromatic nitrogens is 5. The average molecular weight is 345 g/mol.